The number of hydrogen-bond acceptors (Lipinski definition) is 1. The molecule has 0 unspecified atom stereocenters. The first-order chi connectivity index (χ1) is 4.20. The zero-order chi connectivity index (χ0) is 6.85. The fourth-order valence-corrected chi connectivity index (χ4v) is 1.11. The van der Waals surface area contributed by atoms with Gasteiger partial charge in [0.05, 0.1) is 0 Å². The summed E-state index contributed by atoms with van der Waals surface area (Å²) >= 11 is 0. The first-order valence-corrected chi connectivity index (χ1v) is 3.24. The summed E-state index contributed by atoms with van der Waals surface area (Å²) in [6, 6.07) is -0.119. The van der Waals surface area contributed by atoms with Gasteiger partial charge in [0.15, 0.2) is 0 Å². The lowest BCUT2D eigenvalue weighted by Crippen LogP contribution is -2.35. The van der Waals surface area contributed by atoms with Gasteiger partial charge in [-0.2, -0.15) is 0 Å². The van der Waals surface area contributed by atoms with Gasteiger partial charge in [-0.15, -0.1) is 0 Å². The minimum atomic E-state index is -1.31. The Kier molecular flexibility index (Phi) is 2.01. The van der Waals surface area contributed by atoms with Gasteiger partial charge in [-0.05, 0) is 19.3 Å². The molecule has 0 radical (unpaired) electrons. The van der Waals surface area contributed by atoms with Crippen LogP contribution in [0.1, 0.15) is 19.3 Å². The van der Waals surface area contributed by atoms with Crippen molar-refractivity contribution in [3.05, 3.63) is 0 Å². The average Bonchev–Trinajstić information content (AvgIpc) is 1.80. The van der Waals surface area contributed by atoms with Crippen molar-refractivity contribution in [3.63, 3.8) is 0 Å². The molecule has 0 bridgehead atoms. The van der Waals surface area contributed by atoms with Crippen LogP contribution in [-0.4, -0.2) is 18.4 Å². The predicted octanol–water partition coefficient (Wildman–Crippen LogP) is 1.17. The quantitative estimate of drug-likeness (QED) is 0.530. The third-order valence-electron chi connectivity index (χ3n) is 1.73. The largest absolute Gasteiger partial charge is 0.328 e. The van der Waals surface area contributed by atoms with Gasteiger partial charge in [-0.3, -0.25) is 0 Å². The maximum absolute atomic E-state index is 12.4. The second kappa shape index (κ2) is 2.60. The van der Waals surface area contributed by atoms with E-state index in [1.54, 1.807) is 0 Å². The van der Waals surface area contributed by atoms with Crippen molar-refractivity contribution in [2.75, 3.05) is 0 Å². The van der Waals surface area contributed by atoms with Crippen molar-refractivity contribution in [1.82, 2.24) is 0 Å². The van der Waals surface area contributed by atoms with Gasteiger partial charge in [0.1, 0.15) is 12.3 Å². The lowest BCUT2D eigenvalue weighted by molar-refractivity contribution is 0.109. The summed E-state index contributed by atoms with van der Waals surface area (Å²) in [5.74, 6) is 0. The van der Waals surface area contributed by atoms with Crippen molar-refractivity contribution in [3.8, 4) is 0 Å². The Morgan fingerprint density at radius 2 is 1.78 bits per heavy atom. The van der Waals surface area contributed by atoms with Gasteiger partial charge in [0.25, 0.3) is 0 Å². The molecular formula is C6H11F2N. The Balaban J connectivity index is 2.35. The second-order valence-corrected chi connectivity index (χ2v) is 2.61. The molecule has 1 nitrogen and oxygen atoms in total. The van der Waals surface area contributed by atoms with Crippen LogP contribution in [0.2, 0.25) is 0 Å². The van der Waals surface area contributed by atoms with E-state index in [1.807, 2.05) is 0 Å². The standard InChI is InChI=1S/C6H11F2N/c7-5-2-1-4(9)3-6(5)8/h4-6H,1-3,9H2/t4-,5+,6-/m0/s1. The molecule has 1 rings (SSSR count). The third-order valence-corrected chi connectivity index (χ3v) is 1.73. The molecule has 3 heteroatoms. The van der Waals surface area contributed by atoms with Crippen molar-refractivity contribution in [2.24, 2.45) is 5.73 Å². The normalized spacial score (nSPS) is 45.0. The number of hydrogen-bond donors (Lipinski definition) is 1. The van der Waals surface area contributed by atoms with Crippen LogP contribution in [0.4, 0.5) is 8.78 Å². The van der Waals surface area contributed by atoms with Crippen LogP contribution in [0.3, 0.4) is 0 Å². The Labute approximate surface area is 53.2 Å². The molecular weight excluding hydrogens is 124 g/mol. The van der Waals surface area contributed by atoms with Crippen molar-refractivity contribution in [1.29, 1.82) is 0 Å². The number of alkyl halides is 2. The molecule has 9 heavy (non-hydrogen) atoms. The first-order valence-electron chi connectivity index (χ1n) is 3.24. The molecule has 0 aliphatic heterocycles. The molecule has 1 saturated carbocycles. The van der Waals surface area contributed by atoms with E-state index in [9.17, 15) is 8.78 Å². The van der Waals surface area contributed by atoms with Gasteiger partial charge < -0.3 is 5.73 Å². The first kappa shape index (κ1) is 6.93. The summed E-state index contributed by atoms with van der Waals surface area (Å²) in [6.45, 7) is 0. The number of rotatable bonds is 0. The highest BCUT2D eigenvalue weighted by Crippen LogP contribution is 2.22. The average molecular weight is 135 g/mol. The zero-order valence-corrected chi connectivity index (χ0v) is 5.19. The Hall–Kier alpha value is -0.180. The van der Waals surface area contributed by atoms with Crippen LogP contribution in [0, 0.1) is 0 Å². The Morgan fingerprint density at radius 1 is 1.11 bits per heavy atom. The molecule has 0 spiro atoms. The van der Waals surface area contributed by atoms with E-state index >= 15 is 0 Å². The lowest BCUT2D eigenvalue weighted by Gasteiger charge is -2.23. The molecule has 0 aromatic heterocycles. The fourth-order valence-electron chi connectivity index (χ4n) is 1.11. The molecule has 1 aliphatic carbocycles. The van der Waals surface area contributed by atoms with Gasteiger partial charge in [0, 0.05) is 6.04 Å². The second-order valence-electron chi connectivity index (χ2n) is 2.61. The molecule has 0 aromatic rings. The Bertz CT molecular complexity index is 97.1. The number of halogens is 2. The predicted molar refractivity (Wildman–Crippen MR) is 31.6 cm³/mol. The highest BCUT2D eigenvalue weighted by atomic mass is 19.2. The van der Waals surface area contributed by atoms with E-state index in [4.69, 9.17) is 5.73 Å². The number of nitrogens with two attached hydrogens (primary N) is 1. The summed E-state index contributed by atoms with van der Waals surface area (Å²) in [4.78, 5) is 0. The van der Waals surface area contributed by atoms with Gasteiger partial charge in [-0.1, -0.05) is 0 Å². The van der Waals surface area contributed by atoms with E-state index in [0.29, 0.717) is 12.8 Å². The summed E-state index contributed by atoms with van der Waals surface area (Å²) in [5, 5.41) is 0. The molecule has 1 aliphatic rings. The molecule has 3 atom stereocenters. The fraction of sp³-hybridized carbons (Fsp3) is 1.00. The van der Waals surface area contributed by atoms with Crippen molar-refractivity contribution >= 4 is 0 Å². The molecule has 0 aromatic carbocycles. The molecule has 0 saturated heterocycles. The van der Waals surface area contributed by atoms with E-state index in [0.717, 1.165) is 0 Å². The third kappa shape index (κ3) is 1.61. The molecule has 0 heterocycles. The van der Waals surface area contributed by atoms with Gasteiger partial charge in [-0.25, -0.2) is 8.78 Å². The van der Waals surface area contributed by atoms with E-state index in [2.05, 4.69) is 0 Å². The Morgan fingerprint density at radius 3 is 2.22 bits per heavy atom. The zero-order valence-electron chi connectivity index (χ0n) is 5.19. The highest BCUT2D eigenvalue weighted by Gasteiger charge is 2.28. The van der Waals surface area contributed by atoms with Gasteiger partial charge >= 0.3 is 0 Å². The van der Waals surface area contributed by atoms with E-state index in [-0.39, 0.29) is 12.5 Å². The van der Waals surface area contributed by atoms with Crippen LogP contribution >= 0.6 is 0 Å². The van der Waals surface area contributed by atoms with Crippen LogP contribution in [0.5, 0.6) is 0 Å². The van der Waals surface area contributed by atoms with Crippen LogP contribution < -0.4 is 5.73 Å². The minimum absolute atomic E-state index is 0.119. The minimum Gasteiger partial charge on any atom is -0.328 e. The van der Waals surface area contributed by atoms with Crippen LogP contribution in [0.25, 0.3) is 0 Å². The summed E-state index contributed by atoms with van der Waals surface area (Å²) in [5.41, 5.74) is 5.38. The maximum atomic E-state index is 12.4. The van der Waals surface area contributed by atoms with Crippen molar-refractivity contribution in [2.45, 2.75) is 37.6 Å². The van der Waals surface area contributed by atoms with Gasteiger partial charge in [0.2, 0.25) is 0 Å². The molecule has 54 valence electrons. The molecule has 2 N–H and O–H groups in total. The molecule has 1 fully saturated rings. The van der Waals surface area contributed by atoms with Crippen molar-refractivity contribution < 1.29 is 8.78 Å². The van der Waals surface area contributed by atoms with Crippen LogP contribution in [-0.2, 0) is 0 Å². The summed E-state index contributed by atoms with van der Waals surface area (Å²) in [7, 11) is 0. The topological polar surface area (TPSA) is 26.0 Å². The maximum Gasteiger partial charge on any atom is 0.133 e. The van der Waals surface area contributed by atoms with E-state index < -0.39 is 12.3 Å². The summed E-state index contributed by atoms with van der Waals surface area (Å²) < 4.78 is 24.7. The smallest absolute Gasteiger partial charge is 0.133 e. The highest BCUT2D eigenvalue weighted by molar-refractivity contribution is 4.81. The van der Waals surface area contributed by atoms with E-state index in [1.165, 1.54) is 0 Å². The summed E-state index contributed by atoms with van der Waals surface area (Å²) in [6.07, 6.45) is -1.45. The van der Waals surface area contributed by atoms with Crippen LogP contribution in [0.15, 0.2) is 0 Å². The molecule has 0 amide bonds. The monoisotopic (exact) mass is 135 g/mol. The SMILES string of the molecule is N[C@H]1CC[C@@H](F)[C@@H](F)C1. The lowest BCUT2D eigenvalue weighted by atomic mass is 9.93.